The summed E-state index contributed by atoms with van der Waals surface area (Å²) in [5.41, 5.74) is 3.00. The van der Waals surface area contributed by atoms with Crippen molar-refractivity contribution < 1.29 is 9.13 Å². The third kappa shape index (κ3) is 4.49. The zero-order chi connectivity index (χ0) is 16.8. The molecule has 0 radical (unpaired) electrons. The van der Waals surface area contributed by atoms with Gasteiger partial charge in [0.15, 0.2) is 0 Å². The van der Waals surface area contributed by atoms with Gasteiger partial charge < -0.3 is 10.1 Å². The molecular formula is C20H17ClFNO. The van der Waals surface area contributed by atoms with Gasteiger partial charge in [-0.2, -0.15) is 0 Å². The summed E-state index contributed by atoms with van der Waals surface area (Å²) in [5.74, 6) is 0.401. The molecule has 0 saturated heterocycles. The van der Waals surface area contributed by atoms with E-state index < -0.39 is 0 Å². The number of rotatable bonds is 6. The summed E-state index contributed by atoms with van der Waals surface area (Å²) in [7, 11) is 0. The highest BCUT2D eigenvalue weighted by atomic mass is 35.5. The highest BCUT2D eigenvalue weighted by Crippen LogP contribution is 2.20. The van der Waals surface area contributed by atoms with Crippen LogP contribution in [0.4, 0.5) is 10.1 Å². The molecule has 0 aliphatic heterocycles. The maximum absolute atomic E-state index is 13.0. The standard InChI is InChI=1S/C20H17ClFNO/c21-20-12-17(22)9-8-16(20)14-24-19-10-6-15(7-11-19)13-23-18-4-2-1-3-5-18/h1-12,23H,13-14H2. The Kier molecular flexibility index (Phi) is 5.34. The summed E-state index contributed by atoms with van der Waals surface area (Å²) < 4.78 is 18.7. The van der Waals surface area contributed by atoms with Gasteiger partial charge >= 0.3 is 0 Å². The Bertz CT molecular complexity index is 790. The van der Waals surface area contributed by atoms with E-state index in [4.69, 9.17) is 16.3 Å². The van der Waals surface area contributed by atoms with Gasteiger partial charge in [-0.3, -0.25) is 0 Å². The van der Waals surface area contributed by atoms with Crippen molar-refractivity contribution in [3.05, 3.63) is 94.8 Å². The lowest BCUT2D eigenvalue weighted by Gasteiger charge is -2.10. The average molecular weight is 342 g/mol. The van der Waals surface area contributed by atoms with Gasteiger partial charge in [-0.25, -0.2) is 4.39 Å². The quantitative estimate of drug-likeness (QED) is 0.623. The molecule has 1 N–H and O–H groups in total. The monoisotopic (exact) mass is 341 g/mol. The number of anilines is 1. The van der Waals surface area contributed by atoms with E-state index in [1.807, 2.05) is 54.6 Å². The number of para-hydroxylation sites is 1. The van der Waals surface area contributed by atoms with E-state index in [0.29, 0.717) is 11.6 Å². The lowest BCUT2D eigenvalue weighted by molar-refractivity contribution is 0.306. The van der Waals surface area contributed by atoms with E-state index in [1.165, 1.54) is 12.1 Å². The molecule has 4 heteroatoms. The number of hydrogen-bond donors (Lipinski definition) is 1. The fourth-order valence-electron chi connectivity index (χ4n) is 2.26. The van der Waals surface area contributed by atoms with Crippen LogP contribution in [0.1, 0.15) is 11.1 Å². The van der Waals surface area contributed by atoms with Crippen molar-refractivity contribution in [1.29, 1.82) is 0 Å². The third-order valence-corrected chi connectivity index (χ3v) is 3.96. The minimum atomic E-state index is -0.348. The van der Waals surface area contributed by atoms with Gasteiger partial charge in [-0.05, 0) is 42.0 Å². The van der Waals surface area contributed by atoms with Crippen LogP contribution in [-0.4, -0.2) is 0 Å². The first kappa shape index (κ1) is 16.3. The van der Waals surface area contributed by atoms with E-state index in [0.717, 1.165) is 29.1 Å². The van der Waals surface area contributed by atoms with Gasteiger partial charge in [-0.1, -0.05) is 48.0 Å². The Morgan fingerprint density at radius 2 is 1.67 bits per heavy atom. The molecule has 0 amide bonds. The lowest BCUT2D eigenvalue weighted by Crippen LogP contribution is -2.00. The summed E-state index contributed by atoms with van der Waals surface area (Å²) in [6, 6.07) is 22.2. The fourth-order valence-corrected chi connectivity index (χ4v) is 2.49. The molecule has 3 aromatic carbocycles. The molecule has 0 heterocycles. The smallest absolute Gasteiger partial charge is 0.124 e. The van der Waals surface area contributed by atoms with Gasteiger partial charge in [0.1, 0.15) is 18.2 Å². The molecule has 122 valence electrons. The predicted molar refractivity (Wildman–Crippen MR) is 96.0 cm³/mol. The van der Waals surface area contributed by atoms with Crippen molar-refractivity contribution in [1.82, 2.24) is 0 Å². The number of ether oxygens (including phenoxy) is 1. The van der Waals surface area contributed by atoms with Gasteiger partial charge in [0, 0.05) is 17.8 Å². The second kappa shape index (κ2) is 7.84. The van der Waals surface area contributed by atoms with Crippen LogP contribution >= 0.6 is 11.6 Å². The first-order chi connectivity index (χ1) is 11.7. The van der Waals surface area contributed by atoms with Crippen molar-refractivity contribution in [3.63, 3.8) is 0 Å². The minimum Gasteiger partial charge on any atom is -0.489 e. The minimum absolute atomic E-state index is 0.306. The molecule has 0 unspecified atom stereocenters. The van der Waals surface area contributed by atoms with Crippen LogP contribution in [0.3, 0.4) is 0 Å². The van der Waals surface area contributed by atoms with Gasteiger partial charge in [-0.15, -0.1) is 0 Å². The van der Waals surface area contributed by atoms with Crippen LogP contribution in [0.2, 0.25) is 5.02 Å². The summed E-state index contributed by atoms with van der Waals surface area (Å²) in [4.78, 5) is 0. The van der Waals surface area contributed by atoms with Crippen LogP contribution in [0, 0.1) is 5.82 Å². The largest absolute Gasteiger partial charge is 0.489 e. The second-order valence-electron chi connectivity index (χ2n) is 5.39. The van der Waals surface area contributed by atoms with Crippen molar-refractivity contribution in [3.8, 4) is 5.75 Å². The Morgan fingerprint density at radius 1 is 0.917 bits per heavy atom. The average Bonchev–Trinajstić information content (AvgIpc) is 2.61. The van der Waals surface area contributed by atoms with E-state index in [-0.39, 0.29) is 5.82 Å². The molecule has 0 bridgehead atoms. The fraction of sp³-hybridized carbons (Fsp3) is 0.100. The first-order valence-electron chi connectivity index (χ1n) is 7.65. The Labute approximate surface area is 145 Å². The predicted octanol–water partition coefficient (Wildman–Crippen LogP) is 5.67. The van der Waals surface area contributed by atoms with Crippen molar-refractivity contribution in [2.24, 2.45) is 0 Å². The van der Waals surface area contributed by atoms with Crippen LogP contribution in [0.15, 0.2) is 72.8 Å². The molecule has 0 spiro atoms. The summed E-state index contributed by atoms with van der Waals surface area (Å²) in [6.07, 6.45) is 0. The Hall–Kier alpha value is -2.52. The first-order valence-corrected chi connectivity index (χ1v) is 8.03. The zero-order valence-corrected chi connectivity index (χ0v) is 13.8. The van der Waals surface area contributed by atoms with Gasteiger partial charge in [0.05, 0.1) is 5.02 Å². The number of halogens is 2. The normalized spacial score (nSPS) is 10.4. The molecule has 0 aromatic heterocycles. The number of nitrogens with one attached hydrogen (secondary N) is 1. The molecule has 0 atom stereocenters. The molecule has 3 rings (SSSR count). The van der Waals surface area contributed by atoms with Crippen molar-refractivity contribution >= 4 is 17.3 Å². The van der Waals surface area contributed by atoms with E-state index in [1.54, 1.807) is 6.07 Å². The molecule has 0 fully saturated rings. The lowest BCUT2D eigenvalue weighted by atomic mass is 10.2. The molecule has 0 aliphatic carbocycles. The summed E-state index contributed by atoms with van der Waals surface area (Å²) in [5, 5.41) is 3.73. The van der Waals surface area contributed by atoms with Crippen LogP contribution in [0.5, 0.6) is 5.75 Å². The molecule has 0 saturated carbocycles. The topological polar surface area (TPSA) is 21.3 Å². The number of benzene rings is 3. The van der Waals surface area contributed by atoms with E-state index in [2.05, 4.69) is 5.32 Å². The SMILES string of the molecule is Fc1ccc(COc2ccc(CNc3ccccc3)cc2)c(Cl)c1. The van der Waals surface area contributed by atoms with Gasteiger partial charge in [0.25, 0.3) is 0 Å². The zero-order valence-electron chi connectivity index (χ0n) is 13.0. The third-order valence-electron chi connectivity index (χ3n) is 3.60. The van der Waals surface area contributed by atoms with Crippen LogP contribution < -0.4 is 10.1 Å². The van der Waals surface area contributed by atoms with E-state index in [9.17, 15) is 4.39 Å². The molecule has 0 aliphatic rings. The highest BCUT2D eigenvalue weighted by Gasteiger charge is 2.03. The number of hydrogen-bond acceptors (Lipinski definition) is 2. The Morgan fingerprint density at radius 3 is 2.38 bits per heavy atom. The van der Waals surface area contributed by atoms with Crippen LogP contribution in [-0.2, 0) is 13.2 Å². The molecule has 3 aromatic rings. The second-order valence-corrected chi connectivity index (χ2v) is 5.80. The van der Waals surface area contributed by atoms with Crippen LogP contribution in [0.25, 0.3) is 0 Å². The molecule has 2 nitrogen and oxygen atoms in total. The molecule has 24 heavy (non-hydrogen) atoms. The van der Waals surface area contributed by atoms with Crippen molar-refractivity contribution in [2.75, 3.05) is 5.32 Å². The maximum atomic E-state index is 13.0. The van der Waals surface area contributed by atoms with Gasteiger partial charge in [0.2, 0.25) is 0 Å². The molecular weight excluding hydrogens is 325 g/mol. The Balaban J connectivity index is 1.54. The maximum Gasteiger partial charge on any atom is 0.124 e. The summed E-state index contributed by atoms with van der Waals surface area (Å²) in [6.45, 7) is 1.05. The van der Waals surface area contributed by atoms with Crippen molar-refractivity contribution in [2.45, 2.75) is 13.2 Å². The van der Waals surface area contributed by atoms with E-state index >= 15 is 0 Å². The summed E-state index contributed by atoms with van der Waals surface area (Å²) >= 11 is 5.99. The highest BCUT2D eigenvalue weighted by molar-refractivity contribution is 6.31.